The lowest BCUT2D eigenvalue weighted by Gasteiger charge is -2.11. The number of carbonyl (C=O) groups excluding carboxylic acids is 1. The Morgan fingerprint density at radius 3 is 2.71 bits per heavy atom. The summed E-state index contributed by atoms with van der Waals surface area (Å²) in [5.41, 5.74) is 2.37. The third-order valence-corrected chi connectivity index (χ3v) is 4.51. The Labute approximate surface area is 167 Å². The maximum Gasteiger partial charge on any atom is 0.255 e. The molecule has 1 amide bonds. The minimum atomic E-state index is -0.256. The van der Waals surface area contributed by atoms with Crippen molar-refractivity contribution >= 4 is 23.3 Å². The quantitative estimate of drug-likeness (QED) is 0.592. The number of rotatable bonds is 7. The maximum absolute atomic E-state index is 12.4. The lowest BCUT2D eigenvalue weighted by Crippen LogP contribution is -2.29. The first-order chi connectivity index (χ1) is 13.5. The molecule has 28 heavy (non-hydrogen) atoms. The van der Waals surface area contributed by atoms with Gasteiger partial charge in [0.2, 0.25) is 0 Å². The van der Waals surface area contributed by atoms with E-state index in [1.807, 2.05) is 24.5 Å². The standard InChI is InChI=1S/C19H21ClN6O2/c1-12-13(2)26(11-25-12)18-9-17(23-10-24-18)21-6-7-22-19(27)15-8-14(20)4-5-16(15)28-3/h4-5,8-11H,6-7H2,1-3H3,(H,22,27)(H,21,23,24). The molecule has 1 aromatic carbocycles. The van der Waals surface area contributed by atoms with Crippen LogP contribution in [0.5, 0.6) is 5.75 Å². The molecular formula is C19H21ClN6O2. The number of nitrogens with one attached hydrogen (secondary N) is 2. The molecule has 0 unspecified atom stereocenters. The number of methoxy groups -OCH3 is 1. The van der Waals surface area contributed by atoms with Gasteiger partial charge in [-0.05, 0) is 32.0 Å². The normalized spacial score (nSPS) is 10.6. The van der Waals surface area contributed by atoms with E-state index in [9.17, 15) is 4.79 Å². The largest absolute Gasteiger partial charge is 0.496 e. The second-order valence-electron chi connectivity index (χ2n) is 6.07. The van der Waals surface area contributed by atoms with Gasteiger partial charge in [-0.2, -0.15) is 0 Å². The van der Waals surface area contributed by atoms with Crippen molar-refractivity contribution in [3.05, 3.63) is 58.9 Å². The van der Waals surface area contributed by atoms with Gasteiger partial charge in [-0.25, -0.2) is 15.0 Å². The number of hydrogen-bond donors (Lipinski definition) is 2. The number of amides is 1. The first kappa shape index (κ1) is 19.6. The molecule has 0 saturated heterocycles. The average Bonchev–Trinajstić information content (AvgIpc) is 3.04. The summed E-state index contributed by atoms with van der Waals surface area (Å²) < 4.78 is 7.10. The minimum Gasteiger partial charge on any atom is -0.496 e. The molecule has 2 aromatic heterocycles. The van der Waals surface area contributed by atoms with E-state index in [4.69, 9.17) is 16.3 Å². The zero-order valence-corrected chi connectivity index (χ0v) is 16.6. The average molecular weight is 401 g/mol. The first-order valence-electron chi connectivity index (χ1n) is 8.68. The van der Waals surface area contributed by atoms with E-state index in [1.165, 1.54) is 13.4 Å². The number of nitrogens with zero attached hydrogens (tertiary/aromatic N) is 4. The van der Waals surface area contributed by atoms with E-state index in [1.54, 1.807) is 24.5 Å². The summed E-state index contributed by atoms with van der Waals surface area (Å²) in [5.74, 6) is 1.60. The number of benzene rings is 1. The van der Waals surface area contributed by atoms with Crippen LogP contribution in [0.1, 0.15) is 21.7 Å². The van der Waals surface area contributed by atoms with Gasteiger partial charge >= 0.3 is 0 Å². The molecule has 8 nitrogen and oxygen atoms in total. The summed E-state index contributed by atoms with van der Waals surface area (Å²) in [4.78, 5) is 25.1. The molecule has 0 saturated carbocycles. The molecule has 0 spiro atoms. The predicted molar refractivity (Wildman–Crippen MR) is 107 cm³/mol. The smallest absolute Gasteiger partial charge is 0.255 e. The molecule has 0 aliphatic rings. The second-order valence-corrected chi connectivity index (χ2v) is 6.51. The summed E-state index contributed by atoms with van der Waals surface area (Å²) in [5, 5.41) is 6.48. The summed E-state index contributed by atoms with van der Waals surface area (Å²) in [6.07, 6.45) is 3.22. The van der Waals surface area contributed by atoms with Gasteiger partial charge in [0.1, 0.15) is 30.0 Å². The fraction of sp³-hybridized carbons (Fsp3) is 0.263. The van der Waals surface area contributed by atoms with Gasteiger partial charge in [0.15, 0.2) is 0 Å². The third-order valence-electron chi connectivity index (χ3n) is 4.27. The summed E-state index contributed by atoms with van der Waals surface area (Å²) in [6, 6.07) is 6.75. The topological polar surface area (TPSA) is 94.0 Å². The monoisotopic (exact) mass is 400 g/mol. The highest BCUT2D eigenvalue weighted by atomic mass is 35.5. The number of aromatic nitrogens is 4. The van der Waals surface area contributed by atoms with Gasteiger partial charge < -0.3 is 15.4 Å². The van der Waals surface area contributed by atoms with Crippen molar-refractivity contribution in [3.63, 3.8) is 0 Å². The molecule has 0 aliphatic heterocycles. The van der Waals surface area contributed by atoms with E-state index >= 15 is 0 Å². The summed E-state index contributed by atoms with van der Waals surface area (Å²) in [6.45, 7) is 4.82. The van der Waals surface area contributed by atoms with Gasteiger partial charge in [0, 0.05) is 29.9 Å². The van der Waals surface area contributed by atoms with Crippen molar-refractivity contribution < 1.29 is 9.53 Å². The van der Waals surface area contributed by atoms with Crippen LogP contribution in [-0.4, -0.2) is 45.6 Å². The number of carbonyl (C=O) groups is 1. The van der Waals surface area contributed by atoms with E-state index in [-0.39, 0.29) is 5.91 Å². The Kier molecular flexibility index (Phi) is 6.10. The minimum absolute atomic E-state index is 0.256. The van der Waals surface area contributed by atoms with Gasteiger partial charge in [0.05, 0.1) is 18.4 Å². The fourth-order valence-electron chi connectivity index (χ4n) is 2.62. The van der Waals surface area contributed by atoms with Crippen molar-refractivity contribution in [2.24, 2.45) is 0 Å². The number of imidazole rings is 1. The van der Waals surface area contributed by atoms with E-state index < -0.39 is 0 Å². The Hall–Kier alpha value is -3.13. The van der Waals surface area contributed by atoms with Crippen LogP contribution in [0.25, 0.3) is 5.82 Å². The van der Waals surface area contributed by atoms with E-state index in [2.05, 4.69) is 25.6 Å². The number of aryl methyl sites for hydroxylation is 1. The Bertz CT molecular complexity index is 988. The van der Waals surface area contributed by atoms with Crippen LogP contribution in [0.15, 0.2) is 36.9 Å². The molecule has 0 radical (unpaired) electrons. The molecule has 0 bridgehead atoms. The van der Waals surface area contributed by atoms with Crippen LogP contribution in [0.2, 0.25) is 5.02 Å². The molecule has 0 atom stereocenters. The van der Waals surface area contributed by atoms with Crippen LogP contribution >= 0.6 is 11.6 Å². The molecule has 0 aliphatic carbocycles. The highest BCUT2D eigenvalue weighted by Gasteiger charge is 2.12. The first-order valence-corrected chi connectivity index (χ1v) is 9.06. The molecule has 3 rings (SSSR count). The molecule has 146 valence electrons. The van der Waals surface area contributed by atoms with Crippen LogP contribution < -0.4 is 15.4 Å². The highest BCUT2D eigenvalue weighted by Crippen LogP contribution is 2.22. The second kappa shape index (κ2) is 8.71. The molecule has 9 heteroatoms. The van der Waals surface area contributed by atoms with Gasteiger partial charge in [-0.3, -0.25) is 9.36 Å². The highest BCUT2D eigenvalue weighted by molar-refractivity contribution is 6.31. The van der Waals surface area contributed by atoms with E-state index in [0.29, 0.717) is 35.2 Å². The van der Waals surface area contributed by atoms with E-state index in [0.717, 1.165) is 17.2 Å². The zero-order valence-electron chi connectivity index (χ0n) is 15.9. The van der Waals surface area contributed by atoms with Gasteiger partial charge in [0.25, 0.3) is 5.91 Å². The Balaban J connectivity index is 1.57. The summed E-state index contributed by atoms with van der Waals surface area (Å²) in [7, 11) is 1.51. The number of halogens is 1. The number of hydrogen-bond acceptors (Lipinski definition) is 6. The number of anilines is 1. The molecule has 2 heterocycles. The third kappa shape index (κ3) is 4.40. The Morgan fingerprint density at radius 2 is 2.00 bits per heavy atom. The Morgan fingerprint density at radius 1 is 1.18 bits per heavy atom. The summed E-state index contributed by atoms with van der Waals surface area (Å²) >= 11 is 5.97. The zero-order chi connectivity index (χ0) is 20.1. The molecular weight excluding hydrogens is 380 g/mol. The lowest BCUT2D eigenvalue weighted by molar-refractivity contribution is 0.0952. The molecule has 3 aromatic rings. The van der Waals surface area contributed by atoms with Crippen molar-refractivity contribution in [1.29, 1.82) is 0 Å². The van der Waals surface area contributed by atoms with Crippen LogP contribution in [0.3, 0.4) is 0 Å². The van der Waals surface area contributed by atoms with Crippen LogP contribution in [-0.2, 0) is 0 Å². The van der Waals surface area contributed by atoms with Crippen molar-refractivity contribution in [2.75, 3.05) is 25.5 Å². The van der Waals surface area contributed by atoms with Crippen LogP contribution in [0, 0.1) is 13.8 Å². The predicted octanol–water partition coefficient (Wildman–Crippen LogP) is 2.78. The fourth-order valence-corrected chi connectivity index (χ4v) is 2.80. The van der Waals surface area contributed by atoms with Crippen molar-refractivity contribution in [1.82, 2.24) is 24.8 Å². The van der Waals surface area contributed by atoms with Crippen molar-refractivity contribution in [2.45, 2.75) is 13.8 Å². The van der Waals surface area contributed by atoms with Crippen LogP contribution in [0.4, 0.5) is 5.82 Å². The lowest BCUT2D eigenvalue weighted by atomic mass is 10.2. The molecule has 2 N–H and O–H groups in total. The van der Waals surface area contributed by atoms with Gasteiger partial charge in [-0.15, -0.1) is 0 Å². The van der Waals surface area contributed by atoms with Crippen molar-refractivity contribution in [3.8, 4) is 11.6 Å². The SMILES string of the molecule is COc1ccc(Cl)cc1C(=O)NCCNc1cc(-n2cnc(C)c2C)ncn1. The number of ether oxygens (including phenoxy) is 1. The molecule has 0 fully saturated rings. The maximum atomic E-state index is 12.4. The van der Waals surface area contributed by atoms with Gasteiger partial charge in [-0.1, -0.05) is 11.6 Å².